The van der Waals surface area contributed by atoms with Gasteiger partial charge >= 0.3 is 7.82 Å². The van der Waals surface area contributed by atoms with Gasteiger partial charge in [-0.15, -0.1) is 0 Å². The molecular formula is C20H43O6P. The molecule has 0 aromatic carbocycles. The van der Waals surface area contributed by atoms with Crippen LogP contribution in [0.15, 0.2) is 0 Å². The van der Waals surface area contributed by atoms with E-state index in [1.54, 1.807) is 0 Å². The van der Waals surface area contributed by atoms with Gasteiger partial charge in [0.15, 0.2) is 0 Å². The monoisotopic (exact) mass is 410 g/mol. The van der Waals surface area contributed by atoms with Crippen molar-refractivity contribution in [1.29, 1.82) is 0 Å². The Balaban J connectivity index is 3.13. The number of aliphatic hydroxyl groups excluding tert-OH is 1. The zero-order valence-electron chi connectivity index (χ0n) is 17.3. The number of hydrogen-bond acceptors (Lipinski definition) is 4. The SMILES string of the molecule is CCCCCCCCCCCCCCCCCOCC(O)COP(=O)(O)O. The van der Waals surface area contributed by atoms with Gasteiger partial charge in [-0.3, -0.25) is 4.52 Å². The van der Waals surface area contributed by atoms with Crippen molar-refractivity contribution in [3.05, 3.63) is 0 Å². The molecule has 6 nitrogen and oxygen atoms in total. The van der Waals surface area contributed by atoms with E-state index in [1.807, 2.05) is 0 Å². The Hall–Kier alpha value is 0.0300. The molecule has 3 N–H and O–H groups in total. The molecule has 0 aliphatic carbocycles. The molecule has 1 unspecified atom stereocenters. The fraction of sp³-hybridized carbons (Fsp3) is 1.00. The first-order valence-corrected chi connectivity index (χ1v) is 12.4. The lowest BCUT2D eigenvalue weighted by atomic mass is 10.0. The second kappa shape index (κ2) is 19.4. The summed E-state index contributed by atoms with van der Waals surface area (Å²) in [6.45, 7) is 2.45. The summed E-state index contributed by atoms with van der Waals surface area (Å²) in [7, 11) is -4.51. The summed E-state index contributed by atoms with van der Waals surface area (Å²) in [5.41, 5.74) is 0. The van der Waals surface area contributed by atoms with Crippen LogP contribution in [0.4, 0.5) is 0 Å². The van der Waals surface area contributed by atoms with E-state index in [9.17, 15) is 9.67 Å². The highest BCUT2D eigenvalue weighted by atomic mass is 31.2. The van der Waals surface area contributed by atoms with Gasteiger partial charge in [-0.05, 0) is 6.42 Å². The fourth-order valence-corrected chi connectivity index (χ4v) is 3.39. The maximum absolute atomic E-state index is 10.5. The van der Waals surface area contributed by atoms with Gasteiger partial charge in [-0.25, -0.2) is 4.57 Å². The number of ether oxygens (including phenoxy) is 1. The molecular weight excluding hydrogens is 367 g/mol. The Morgan fingerprint density at radius 2 is 1.11 bits per heavy atom. The standard InChI is InChI=1S/C20H43O6P/c1-2-3-4-5-6-7-8-9-10-11-12-13-14-15-16-17-25-18-20(21)19-26-27(22,23)24/h20-21H,2-19H2,1H3,(H2,22,23,24). The van der Waals surface area contributed by atoms with Crippen LogP contribution in [0.1, 0.15) is 103 Å². The highest BCUT2D eigenvalue weighted by Gasteiger charge is 2.16. The Morgan fingerprint density at radius 1 is 0.704 bits per heavy atom. The van der Waals surface area contributed by atoms with E-state index in [4.69, 9.17) is 14.5 Å². The van der Waals surface area contributed by atoms with Crippen molar-refractivity contribution in [3.8, 4) is 0 Å². The van der Waals surface area contributed by atoms with E-state index in [-0.39, 0.29) is 6.61 Å². The van der Waals surface area contributed by atoms with Crippen LogP contribution in [-0.4, -0.2) is 40.8 Å². The van der Waals surface area contributed by atoms with Crippen molar-refractivity contribution in [2.24, 2.45) is 0 Å². The smallest absolute Gasteiger partial charge is 0.388 e. The van der Waals surface area contributed by atoms with E-state index in [2.05, 4.69) is 11.4 Å². The van der Waals surface area contributed by atoms with Gasteiger partial charge in [-0.2, -0.15) is 0 Å². The van der Waals surface area contributed by atoms with Gasteiger partial charge in [0.1, 0.15) is 6.10 Å². The van der Waals surface area contributed by atoms with Gasteiger partial charge in [-0.1, -0.05) is 96.8 Å². The van der Waals surface area contributed by atoms with Crippen LogP contribution in [-0.2, 0) is 13.8 Å². The lowest BCUT2D eigenvalue weighted by Crippen LogP contribution is -2.21. The second-order valence-electron chi connectivity index (χ2n) is 7.46. The first kappa shape index (κ1) is 27.0. The lowest BCUT2D eigenvalue weighted by Gasteiger charge is -2.12. The summed E-state index contributed by atoms with van der Waals surface area (Å²) in [5, 5.41) is 9.44. The van der Waals surface area contributed by atoms with Crippen LogP contribution in [0.2, 0.25) is 0 Å². The highest BCUT2D eigenvalue weighted by Crippen LogP contribution is 2.35. The average molecular weight is 411 g/mol. The number of aliphatic hydroxyl groups is 1. The molecule has 164 valence electrons. The van der Waals surface area contributed by atoms with E-state index >= 15 is 0 Å². The Bertz CT molecular complexity index is 347. The number of rotatable bonds is 21. The second-order valence-corrected chi connectivity index (χ2v) is 8.70. The molecule has 0 spiro atoms. The first-order chi connectivity index (χ1) is 13.0. The minimum Gasteiger partial charge on any atom is -0.388 e. The predicted molar refractivity (Wildman–Crippen MR) is 110 cm³/mol. The zero-order chi connectivity index (χ0) is 20.2. The van der Waals surface area contributed by atoms with Crippen LogP contribution in [0.25, 0.3) is 0 Å². The van der Waals surface area contributed by atoms with Crippen molar-refractivity contribution in [2.75, 3.05) is 19.8 Å². The van der Waals surface area contributed by atoms with Crippen LogP contribution >= 0.6 is 7.82 Å². The highest BCUT2D eigenvalue weighted by molar-refractivity contribution is 7.46. The maximum Gasteiger partial charge on any atom is 0.469 e. The van der Waals surface area contributed by atoms with E-state index in [0.29, 0.717) is 6.61 Å². The lowest BCUT2D eigenvalue weighted by molar-refractivity contribution is 0.00476. The topological polar surface area (TPSA) is 96.2 Å². The number of phosphoric acid groups is 1. The summed E-state index contributed by atoms with van der Waals surface area (Å²) < 4.78 is 20.0. The molecule has 0 heterocycles. The normalized spacial score (nSPS) is 13.2. The van der Waals surface area contributed by atoms with E-state index < -0.39 is 20.5 Å². The van der Waals surface area contributed by atoms with Crippen molar-refractivity contribution < 1.29 is 28.7 Å². The Morgan fingerprint density at radius 3 is 1.52 bits per heavy atom. The van der Waals surface area contributed by atoms with Gasteiger partial charge in [0.25, 0.3) is 0 Å². The quantitative estimate of drug-likeness (QED) is 0.174. The molecule has 7 heteroatoms. The molecule has 0 fully saturated rings. The molecule has 0 amide bonds. The van der Waals surface area contributed by atoms with Gasteiger partial charge in [0.05, 0.1) is 13.2 Å². The minimum atomic E-state index is -4.51. The van der Waals surface area contributed by atoms with Gasteiger partial charge in [0.2, 0.25) is 0 Å². The fourth-order valence-electron chi connectivity index (χ4n) is 3.03. The van der Waals surface area contributed by atoms with Gasteiger partial charge < -0.3 is 19.6 Å². The molecule has 0 saturated heterocycles. The van der Waals surface area contributed by atoms with Crippen LogP contribution in [0, 0.1) is 0 Å². The largest absolute Gasteiger partial charge is 0.469 e. The summed E-state index contributed by atoms with van der Waals surface area (Å²) in [6, 6.07) is 0. The molecule has 27 heavy (non-hydrogen) atoms. The predicted octanol–water partition coefficient (Wildman–Crippen LogP) is 5.34. The van der Waals surface area contributed by atoms with Crippen LogP contribution < -0.4 is 0 Å². The first-order valence-electron chi connectivity index (χ1n) is 10.9. The molecule has 0 aromatic heterocycles. The zero-order valence-corrected chi connectivity index (χ0v) is 18.2. The van der Waals surface area contributed by atoms with Crippen molar-refractivity contribution >= 4 is 7.82 Å². The summed E-state index contributed by atoms with van der Waals surface area (Å²) >= 11 is 0. The van der Waals surface area contributed by atoms with Crippen molar-refractivity contribution in [1.82, 2.24) is 0 Å². The molecule has 0 radical (unpaired) electrons. The average Bonchev–Trinajstić information content (AvgIpc) is 2.62. The van der Waals surface area contributed by atoms with Crippen molar-refractivity contribution in [2.45, 2.75) is 109 Å². The molecule has 0 aliphatic rings. The number of unbranched alkanes of at least 4 members (excludes halogenated alkanes) is 14. The van der Waals surface area contributed by atoms with Gasteiger partial charge in [0, 0.05) is 6.61 Å². The molecule has 0 aromatic rings. The summed E-state index contributed by atoms with van der Waals surface area (Å²) in [4.78, 5) is 17.0. The van der Waals surface area contributed by atoms with Crippen LogP contribution in [0.5, 0.6) is 0 Å². The Labute approximate surface area is 166 Å². The molecule has 0 aliphatic heterocycles. The van der Waals surface area contributed by atoms with E-state index in [1.165, 1.54) is 83.5 Å². The Kier molecular flexibility index (Phi) is 19.4. The molecule has 0 rings (SSSR count). The molecule has 1 atom stereocenters. The molecule has 0 bridgehead atoms. The summed E-state index contributed by atoms with van der Waals surface area (Å²) in [5.74, 6) is 0. The number of hydrogen-bond donors (Lipinski definition) is 3. The minimum absolute atomic E-state index is 0.0403. The molecule has 0 saturated carbocycles. The third-order valence-corrected chi connectivity index (χ3v) is 5.12. The summed E-state index contributed by atoms with van der Waals surface area (Å²) in [6.07, 6.45) is 18.7. The van der Waals surface area contributed by atoms with Crippen LogP contribution in [0.3, 0.4) is 0 Å². The maximum atomic E-state index is 10.5. The number of phosphoric ester groups is 1. The van der Waals surface area contributed by atoms with Crippen molar-refractivity contribution in [3.63, 3.8) is 0 Å². The van der Waals surface area contributed by atoms with E-state index in [0.717, 1.165) is 12.8 Å². The third-order valence-electron chi connectivity index (χ3n) is 4.64. The third kappa shape index (κ3) is 24.0.